The molecule has 0 spiro atoms. The van der Waals surface area contributed by atoms with Crippen molar-refractivity contribution < 1.29 is 9.53 Å². The minimum absolute atomic E-state index is 0.110. The third-order valence-electron chi connectivity index (χ3n) is 4.39. The van der Waals surface area contributed by atoms with Crippen LogP contribution < -0.4 is 10.1 Å². The summed E-state index contributed by atoms with van der Waals surface area (Å²) >= 11 is 1.73. The number of hydrogen-bond acceptors (Lipinski definition) is 3. The molecule has 0 aliphatic heterocycles. The number of hydrogen-bond donors (Lipinski definition) is 1. The minimum atomic E-state index is -0.110. The molecule has 3 nitrogen and oxygen atoms in total. The Bertz CT molecular complexity index is 954. The van der Waals surface area contributed by atoms with E-state index in [4.69, 9.17) is 4.74 Å². The van der Waals surface area contributed by atoms with Gasteiger partial charge in [-0.1, -0.05) is 35.9 Å². The lowest BCUT2D eigenvalue weighted by Crippen LogP contribution is -2.13. The monoisotopic (exact) mass is 391 g/mol. The van der Waals surface area contributed by atoms with E-state index in [0.717, 1.165) is 28.3 Å². The molecular formula is C24H25NO2S. The Labute approximate surface area is 171 Å². The van der Waals surface area contributed by atoms with E-state index in [0.29, 0.717) is 12.2 Å². The highest BCUT2D eigenvalue weighted by Gasteiger charge is 2.12. The van der Waals surface area contributed by atoms with Crippen molar-refractivity contribution in [2.24, 2.45) is 0 Å². The molecule has 0 aromatic heterocycles. The van der Waals surface area contributed by atoms with E-state index >= 15 is 0 Å². The molecule has 0 aliphatic rings. The summed E-state index contributed by atoms with van der Waals surface area (Å²) in [5, 5.41) is 3.02. The molecule has 0 radical (unpaired) electrons. The van der Waals surface area contributed by atoms with Gasteiger partial charge in [-0.15, -0.1) is 11.8 Å². The maximum Gasteiger partial charge on any atom is 0.255 e. The Hall–Kier alpha value is -2.72. The van der Waals surface area contributed by atoms with E-state index in [1.165, 1.54) is 10.5 Å². The van der Waals surface area contributed by atoms with Crippen LogP contribution in [0.2, 0.25) is 0 Å². The fraction of sp³-hybridized carbons (Fsp3) is 0.208. The number of carbonyl (C=O) groups excluding carboxylic acids is 1. The van der Waals surface area contributed by atoms with Gasteiger partial charge in [0.2, 0.25) is 0 Å². The molecule has 0 saturated heterocycles. The maximum absolute atomic E-state index is 12.8. The van der Waals surface area contributed by atoms with Crippen LogP contribution in [0.1, 0.15) is 34.0 Å². The Morgan fingerprint density at radius 2 is 1.79 bits per heavy atom. The average molecular weight is 392 g/mol. The van der Waals surface area contributed by atoms with Crippen LogP contribution in [0, 0.1) is 13.8 Å². The van der Waals surface area contributed by atoms with E-state index in [2.05, 4.69) is 23.5 Å². The van der Waals surface area contributed by atoms with Gasteiger partial charge in [0.05, 0.1) is 6.61 Å². The molecule has 3 rings (SSSR count). The summed E-state index contributed by atoms with van der Waals surface area (Å²) in [6, 6.07) is 21.9. The highest BCUT2D eigenvalue weighted by atomic mass is 32.2. The zero-order valence-corrected chi connectivity index (χ0v) is 17.3. The van der Waals surface area contributed by atoms with Crippen LogP contribution in [0.5, 0.6) is 5.75 Å². The lowest BCUT2D eigenvalue weighted by molar-refractivity contribution is 0.102. The molecule has 4 heteroatoms. The highest BCUT2D eigenvalue weighted by Crippen LogP contribution is 2.29. The van der Waals surface area contributed by atoms with E-state index in [1.807, 2.05) is 69.3 Å². The molecule has 0 aliphatic carbocycles. The maximum atomic E-state index is 12.8. The van der Waals surface area contributed by atoms with Crippen molar-refractivity contribution in [3.63, 3.8) is 0 Å². The molecule has 0 heterocycles. The van der Waals surface area contributed by atoms with Crippen molar-refractivity contribution >= 4 is 23.4 Å². The summed E-state index contributed by atoms with van der Waals surface area (Å²) in [4.78, 5) is 14.0. The third-order valence-corrected chi connectivity index (χ3v) is 5.45. The van der Waals surface area contributed by atoms with Crippen molar-refractivity contribution in [2.75, 3.05) is 11.9 Å². The van der Waals surface area contributed by atoms with E-state index in [1.54, 1.807) is 11.8 Å². The first-order chi connectivity index (χ1) is 13.6. The largest absolute Gasteiger partial charge is 0.494 e. The van der Waals surface area contributed by atoms with Crippen LogP contribution >= 0.6 is 11.8 Å². The smallest absolute Gasteiger partial charge is 0.255 e. The first-order valence-electron chi connectivity index (χ1n) is 9.39. The van der Waals surface area contributed by atoms with Crippen LogP contribution in [0.4, 0.5) is 5.69 Å². The third kappa shape index (κ3) is 5.17. The van der Waals surface area contributed by atoms with E-state index in [-0.39, 0.29) is 5.91 Å². The molecule has 0 unspecified atom stereocenters. The summed E-state index contributed by atoms with van der Waals surface area (Å²) in [5.41, 5.74) is 4.72. The Balaban J connectivity index is 1.79. The van der Waals surface area contributed by atoms with Crippen molar-refractivity contribution in [1.82, 2.24) is 0 Å². The fourth-order valence-corrected chi connectivity index (χ4v) is 3.85. The molecule has 3 aromatic rings. The van der Waals surface area contributed by atoms with Crippen molar-refractivity contribution in [2.45, 2.75) is 31.4 Å². The molecular weight excluding hydrogens is 366 g/mol. The summed E-state index contributed by atoms with van der Waals surface area (Å²) in [7, 11) is 0. The summed E-state index contributed by atoms with van der Waals surface area (Å²) in [6.45, 7) is 6.61. The number of ether oxygens (including phenoxy) is 1. The Morgan fingerprint density at radius 1 is 1.00 bits per heavy atom. The van der Waals surface area contributed by atoms with Gasteiger partial charge >= 0.3 is 0 Å². The first-order valence-corrected chi connectivity index (χ1v) is 10.4. The van der Waals surface area contributed by atoms with Crippen molar-refractivity contribution in [1.29, 1.82) is 0 Å². The van der Waals surface area contributed by atoms with Crippen LogP contribution in [-0.4, -0.2) is 12.5 Å². The number of thioether (sulfide) groups is 1. The molecule has 144 valence electrons. The molecule has 1 amide bonds. The number of amides is 1. The average Bonchev–Trinajstić information content (AvgIpc) is 2.70. The second kappa shape index (κ2) is 9.47. The fourth-order valence-electron chi connectivity index (χ4n) is 2.96. The minimum Gasteiger partial charge on any atom is -0.494 e. The van der Waals surface area contributed by atoms with E-state index < -0.39 is 0 Å². The van der Waals surface area contributed by atoms with E-state index in [9.17, 15) is 4.79 Å². The Morgan fingerprint density at radius 3 is 2.50 bits per heavy atom. The quantitative estimate of drug-likeness (QED) is 0.484. The second-order valence-electron chi connectivity index (χ2n) is 6.63. The van der Waals surface area contributed by atoms with Crippen LogP contribution in [0.3, 0.4) is 0 Å². The predicted molar refractivity (Wildman–Crippen MR) is 117 cm³/mol. The van der Waals surface area contributed by atoms with Gasteiger partial charge < -0.3 is 10.1 Å². The number of rotatable bonds is 7. The van der Waals surface area contributed by atoms with Gasteiger partial charge in [-0.25, -0.2) is 0 Å². The molecule has 0 atom stereocenters. The number of carbonyl (C=O) groups is 1. The molecule has 1 N–H and O–H groups in total. The van der Waals surface area contributed by atoms with Crippen molar-refractivity contribution in [3.05, 3.63) is 89.0 Å². The summed E-state index contributed by atoms with van der Waals surface area (Å²) < 4.78 is 5.77. The van der Waals surface area contributed by atoms with Crippen LogP contribution in [-0.2, 0) is 5.75 Å². The molecule has 0 fully saturated rings. The molecule has 0 saturated carbocycles. The lowest BCUT2D eigenvalue weighted by atomic mass is 10.1. The van der Waals surface area contributed by atoms with Gasteiger partial charge in [0.15, 0.2) is 0 Å². The number of benzene rings is 3. The number of aryl methyl sites for hydroxylation is 2. The van der Waals surface area contributed by atoms with Crippen molar-refractivity contribution in [3.8, 4) is 5.75 Å². The highest BCUT2D eigenvalue weighted by molar-refractivity contribution is 7.98. The molecule has 0 bridgehead atoms. The summed E-state index contributed by atoms with van der Waals surface area (Å²) in [5.74, 6) is 1.46. The van der Waals surface area contributed by atoms with Gasteiger partial charge in [0.25, 0.3) is 5.91 Å². The predicted octanol–water partition coefficient (Wildman–Crippen LogP) is 6.25. The van der Waals surface area contributed by atoms with Crippen LogP contribution in [0.25, 0.3) is 0 Å². The summed E-state index contributed by atoms with van der Waals surface area (Å²) in [6.07, 6.45) is 0. The number of nitrogens with one attached hydrogen (secondary N) is 1. The van der Waals surface area contributed by atoms with Gasteiger partial charge in [-0.3, -0.25) is 4.79 Å². The SMILES string of the molecule is CCOc1ccc(C(=O)Nc2ccc(C)cc2C)cc1CSc1ccccc1. The lowest BCUT2D eigenvalue weighted by Gasteiger charge is -2.13. The zero-order chi connectivity index (χ0) is 19.9. The topological polar surface area (TPSA) is 38.3 Å². The Kier molecular flexibility index (Phi) is 6.77. The molecule has 28 heavy (non-hydrogen) atoms. The van der Waals surface area contributed by atoms with Gasteiger partial charge in [-0.05, 0) is 62.7 Å². The number of anilines is 1. The van der Waals surface area contributed by atoms with Gasteiger partial charge in [0.1, 0.15) is 5.75 Å². The van der Waals surface area contributed by atoms with Gasteiger partial charge in [0, 0.05) is 27.5 Å². The standard InChI is InChI=1S/C24H25NO2S/c1-4-27-23-13-11-19(15-20(23)16-28-21-8-6-5-7-9-21)24(26)25-22-12-10-17(2)14-18(22)3/h5-15H,4,16H2,1-3H3,(H,25,26). The zero-order valence-electron chi connectivity index (χ0n) is 16.5. The van der Waals surface area contributed by atoms with Gasteiger partial charge in [-0.2, -0.15) is 0 Å². The van der Waals surface area contributed by atoms with Crippen LogP contribution in [0.15, 0.2) is 71.6 Å². The molecule has 3 aromatic carbocycles. The first kappa shape index (κ1) is 20.0. The second-order valence-corrected chi connectivity index (χ2v) is 7.68. The normalized spacial score (nSPS) is 10.5.